The van der Waals surface area contributed by atoms with Crippen molar-refractivity contribution in [3.8, 4) is 79.2 Å². The van der Waals surface area contributed by atoms with Gasteiger partial charge in [-0.05, 0) is 130 Å². The topological polar surface area (TPSA) is 142 Å². The average Bonchev–Trinajstić information content (AvgIpc) is 0.754. The van der Waals surface area contributed by atoms with E-state index in [1.165, 1.54) is 16.2 Å². The zero-order valence-electron chi connectivity index (χ0n) is 53.7. The fourth-order valence-corrected chi connectivity index (χ4v) is 13.7. The Morgan fingerprint density at radius 3 is 1.18 bits per heavy atom. The van der Waals surface area contributed by atoms with Crippen LogP contribution in [0.1, 0.15) is 0 Å². The number of hydrogen-bond donors (Lipinski definition) is 0. The van der Waals surface area contributed by atoms with Crippen LogP contribution in [0.15, 0.2) is 334 Å². The predicted molar refractivity (Wildman–Crippen MR) is 408 cm³/mol. The Morgan fingerprint density at radius 1 is 0.180 bits per heavy atom. The van der Waals surface area contributed by atoms with Crippen LogP contribution in [0.25, 0.3) is 188 Å². The lowest BCUT2D eigenvalue weighted by atomic mass is 9.98. The zero-order valence-corrected chi connectivity index (χ0v) is 53.7. The van der Waals surface area contributed by atoms with Crippen molar-refractivity contribution in [3.05, 3.63) is 334 Å². The highest BCUT2D eigenvalue weighted by molar-refractivity contribution is 6.24. The molecule has 0 N–H and O–H groups in total. The Labute approximate surface area is 573 Å². The Hall–Kier alpha value is -13.8. The molecule has 11 nitrogen and oxygen atoms in total. The summed E-state index contributed by atoms with van der Waals surface area (Å²) in [5, 5.41) is 16.0. The number of nitrogens with zero attached hydrogens (tertiary/aromatic N) is 11. The van der Waals surface area contributed by atoms with E-state index in [0.29, 0.717) is 23.2 Å². The van der Waals surface area contributed by atoms with Crippen LogP contribution >= 0.6 is 0 Å². The molecule has 0 aliphatic carbocycles. The van der Waals surface area contributed by atoms with E-state index in [2.05, 4.69) is 213 Å². The summed E-state index contributed by atoms with van der Waals surface area (Å²) in [7, 11) is 0. The summed E-state index contributed by atoms with van der Waals surface area (Å²) in [6.45, 7) is 0. The molecule has 0 unspecified atom stereocenters. The number of fused-ring (bicyclic) bond motifs is 18. The Bertz CT molecular complexity index is 6410. The molecule has 0 aliphatic rings. The molecule has 0 fully saturated rings. The van der Waals surface area contributed by atoms with E-state index >= 15 is 0 Å². The molecule has 0 bridgehead atoms. The normalized spacial score (nSPS) is 11.4. The van der Waals surface area contributed by atoms with E-state index in [1.807, 2.05) is 140 Å². The summed E-state index contributed by atoms with van der Waals surface area (Å²) >= 11 is 0. The highest BCUT2D eigenvalue weighted by Gasteiger charge is 2.18. The summed E-state index contributed by atoms with van der Waals surface area (Å²) in [6, 6.07) is 102. The second-order valence-corrected chi connectivity index (χ2v) is 24.5. The van der Waals surface area contributed by atoms with Gasteiger partial charge in [-0.25, -0.2) is 29.9 Å². The molecule has 9 heterocycles. The van der Waals surface area contributed by atoms with Crippen molar-refractivity contribution in [3.63, 3.8) is 0 Å². The van der Waals surface area contributed by atoms with E-state index in [9.17, 15) is 0 Å². The molecule has 100 heavy (non-hydrogen) atoms. The zero-order chi connectivity index (χ0) is 66.3. The van der Waals surface area contributed by atoms with Gasteiger partial charge in [0.25, 0.3) is 0 Å². The minimum Gasteiger partial charge on any atom is -0.264 e. The molecular weight excluding hydrogens is 1220 g/mol. The van der Waals surface area contributed by atoms with Crippen molar-refractivity contribution in [2.24, 2.45) is 0 Å². The van der Waals surface area contributed by atoms with E-state index in [0.717, 1.165) is 148 Å². The maximum atomic E-state index is 5.16. The molecule has 0 amide bonds. The fourth-order valence-electron chi connectivity index (χ4n) is 13.7. The first kappa shape index (κ1) is 58.8. The lowest BCUT2D eigenvalue weighted by Gasteiger charge is -2.11. The smallest absolute Gasteiger partial charge is 0.182 e. The first-order chi connectivity index (χ1) is 49.6. The van der Waals surface area contributed by atoms with Crippen LogP contribution in [0.4, 0.5) is 0 Å². The number of pyridine rings is 8. The largest absolute Gasteiger partial charge is 0.264 e. The van der Waals surface area contributed by atoms with Gasteiger partial charge in [0.2, 0.25) is 0 Å². The first-order valence-electron chi connectivity index (χ1n) is 33.1. The number of hydrogen-bond acceptors (Lipinski definition) is 11. The number of benzene rings is 11. The molecule has 0 radical (unpaired) electrons. The lowest BCUT2D eigenvalue weighted by molar-refractivity contribution is 1.06. The Kier molecular flexibility index (Phi) is 14.9. The average molecular weight is 1280 g/mol. The van der Waals surface area contributed by atoms with Gasteiger partial charge in [0.05, 0.1) is 50.2 Å². The van der Waals surface area contributed by atoms with Crippen molar-refractivity contribution < 1.29 is 0 Å². The van der Waals surface area contributed by atoms with E-state index in [4.69, 9.17) is 29.9 Å². The van der Waals surface area contributed by atoms with Gasteiger partial charge >= 0.3 is 0 Å². The van der Waals surface area contributed by atoms with Gasteiger partial charge in [0.1, 0.15) is 5.69 Å². The first-order valence-corrected chi connectivity index (χ1v) is 33.1. The minimum absolute atomic E-state index is 0.549. The molecule has 20 aromatic rings. The van der Waals surface area contributed by atoms with E-state index in [1.54, 1.807) is 6.20 Å². The molecule has 0 aliphatic heterocycles. The van der Waals surface area contributed by atoms with E-state index in [-0.39, 0.29) is 0 Å². The van der Waals surface area contributed by atoms with E-state index < -0.39 is 0 Å². The summed E-state index contributed by atoms with van der Waals surface area (Å²) in [6.07, 6.45) is 11.0. The molecule has 0 saturated heterocycles. The van der Waals surface area contributed by atoms with Crippen LogP contribution in [0.3, 0.4) is 0 Å². The summed E-state index contributed by atoms with van der Waals surface area (Å²) in [5.41, 5.74) is 17.0. The summed E-state index contributed by atoms with van der Waals surface area (Å²) < 4.78 is 0. The molecule has 11 aromatic carbocycles. The standard InChI is InChI=1S/C31H19N5.C31H19N3.C27H17N3/c1-3-8-20(9-4-1)29-34-30(21-10-5-2-6-11-21)36-31(35-29)28-18-15-25-23-13-16-26-24(12-7-19-32-26)22(23)14-17-27(25)33-28;1-2-7-26-24(6-1)30-25(8-5-17-33-30)27-14-15-29(34-31(26)27)23-13-11-20-18-22(12-10-21(20)19-23)28-9-3-4-16-32-28;1-2-10-23-21(9-1)26-22(11-5-15-29-26)24-12-13-25(30-27(23)24)19-7-3-6-18(16-19)20-8-4-14-28-17-20/h1-19H;1-19H;1-17H. The Morgan fingerprint density at radius 2 is 0.600 bits per heavy atom. The van der Waals surface area contributed by atoms with Crippen LogP contribution in [-0.2, 0) is 0 Å². The van der Waals surface area contributed by atoms with Crippen molar-refractivity contribution in [2.45, 2.75) is 0 Å². The van der Waals surface area contributed by atoms with Crippen molar-refractivity contribution in [1.29, 1.82) is 0 Å². The lowest BCUT2D eigenvalue weighted by Crippen LogP contribution is -2.01. The van der Waals surface area contributed by atoms with Gasteiger partial charge in [0.15, 0.2) is 17.5 Å². The van der Waals surface area contributed by atoms with Gasteiger partial charge in [-0.15, -0.1) is 0 Å². The maximum absolute atomic E-state index is 5.16. The van der Waals surface area contributed by atoms with Crippen LogP contribution in [0, 0.1) is 0 Å². The second kappa shape index (κ2) is 25.4. The third-order valence-corrected chi connectivity index (χ3v) is 18.5. The van der Waals surface area contributed by atoms with Gasteiger partial charge < -0.3 is 0 Å². The van der Waals surface area contributed by atoms with Crippen LogP contribution < -0.4 is 0 Å². The van der Waals surface area contributed by atoms with Crippen LogP contribution in [0.2, 0.25) is 0 Å². The third-order valence-electron chi connectivity index (χ3n) is 18.5. The number of rotatable bonds is 7. The summed E-state index contributed by atoms with van der Waals surface area (Å²) in [4.78, 5) is 52.2. The maximum Gasteiger partial charge on any atom is 0.182 e. The summed E-state index contributed by atoms with van der Waals surface area (Å²) in [5.74, 6) is 1.80. The van der Waals surface area contributed by atoms with Gasteiger partial charge in [-0.2, -0.15) is 0 Å². The van der Waals surface area contributed by atoms with Gasteiger partial charge in [-0.1, -0.05) is 194 Å². The Balaban J connectivity index is 0.000000109. The minimum atomic E-state index is 0.549. The SMILES string of the molecule is c1ccc(-c2ccc3cc(-c4ccc5c6cccnc6c6ccccc6c5n4)ccc3c2)nc1.c1ccc(-c2nc(-c3ccccc3)nc(-c3ccc4c(ccc5c6cccnc6ccc45)n3)n2)cc1.c1cncc(-c2cccc(-c3ccc4c5cccnc5c5ccccc5c4n3)c2)c1. The fraction of sp³-hybridized carbons (Fsp3) is 0. The van der Waals surface area contributed by atoms with Crippen molar-refractivity contribution in [1.82, 2.24) is 54.8 Å². The highest BCUT2D eigenvalue weighted by Crippen LogP contribution is 2.39. The molecule has 11 heteroatoms. The molecule has 0 saturated carbocycles. The molecule has 0 spiro atoms. The molecule has 466 valence electrons. The quantitative estimate of drug-likeness (QED) is 0.141. The van der Waals surface area contributed by atoms with Crippen molar-refractivity contribution in [2.75, 3.05) is 0 Å². The van der Waals surface area contributed by atoms with Crippen LogP contribution in [0.5, 0.6) is 0 Å². The second-order valence-electron chi connectivity index (χ2n) is 24.5. The molecule has 9 aromatic heterocycles. The predicted octanol–water partition coefficient (Wildman–Crippen LogP) is 21.6. The number of aromatic nitrogens is 11. The third kappa shape index (κ3) is 11.0. The monoisotopic (exact) mass is 1280 g/mol. The molecular formula is C89H55N11. The van der Waals surface area contributed by atoms with Gasteiger partial charge in [0, 0.05) is 124 Å². The van der Waals surface area contributed by atoms with Crippen molar-refractivity contribution >= 4 is 109 Å². The van der Waals surface area contributed by atoms with Crippen LogP contribution in [-0.4, -0.2) is 54.8 Å². The molecule has 0 atom stereocenters. The highest BCUT2D eigenvalue weighted by atomic mass is 15.0. The molecule has 20 rings (SSSR count). The van der Waals surface area contributed by atoms with Gasteiger partial charge in [-0.3, -0.25) is 24.9 Å².